The van der Waals surface area contributed by atoms with Crippen LogP contribution >= 0.6 is 0 Å². The number of hydrogen-bond acceptors (Lipinski definition) is 5. The van der Waals surface area contributed by atoms with E-state index in [-0.39, 0.29) is 12.1 Å². The van der Waals surface area contributed by atoms with Crippen LogP contribution in [0.5, 0.6) is 0 Å². The monoisotopic (exact) mass is 364 g/mol. The van der Waals surface area contributed by atoms with Gasteiger partial charge in [0, 0.05) is 25.7 Å². The van der Waals surface area contributed by atoms with Crippen molar-refractivity contribution in [1.29, 1.82) is 0 Å². The molecule has 0 aliphatic heterocycles. The van der Waals surface area contributed by atoms with Gasteiger partial charge in [0.15, 0.2) is 5.65 Å². The smallest absolute Gasteiger partial charge is 0.368 e. The van der Waals surface area contributed by atoms with E-state index in [1.165, 1.54) is 6.33 Å². The molecule has 0 spiro atoms. The first-order chi connectivity index (χ1) is 12.4. The van der Waals surface area contributed by atoms with Gasteiger partial charge in [-0.2, -0.15) is 18.3 Å². The second-order valence-corrected chi connectivity index (χ2v) is 5.49. The molecule has 26 heavy (non-hydrogen) atoms. The fraction of sp³-hybridized carbons (Fsp3) is 0.250. The van der Waals surface area contributed by atoms with Gasteiger partial charge in [-0.15, -0.1) is 0 Å². The summed E-state index contributed by atoms with van der Waals surface area (Å²) in [5.41, 5.74) is 0.0472. The molecule has 1 aromatic carbocycles. The molecule has 136 valence electrons. The number of fused-ring (bicyclic) bond motifs is 1. The van der Waals surface area contributed by atoms with Gasteiger partial charge in [-0.1, -0.05) is 0 Å². The predicted octanol–water partition coefficient (Wildman–Crippen LogP) is 2.22. The van der Waals surface area contributed by atoms with Gasteiger partial charge < -0.3 is 10.6 Å². The number of rotatable bonds is 5. The Labute approximate surface area is 146 Å². The van der Waals surface area contributed by atoms with E-state index in [9.17, 15) is 18.0 Å². The number of aryl methyl sites for hydroxylation is 1. The van der Waals surface area contributed by atoms with Gasteiger partial charge in [0.05, 0.1) is 17.1 Å². The molecule has 1 amide bonds. The van der Waals surface area contributed by atoms with Crippen LogP contribution in [0.25, 0.3) is 11.0 Å². The van der Waals surface area contributed by atoms with Crippen LogP contribution in [-0.2, 0) is 13.2 Å². The minimum absolute atomic E-state index is 0.162. The van der Waals surface area contributed by atoms with Crippen molar-refractivity contribution in [3.63, 3.8) is 0 Å². The Morgan fingerprint density at radius 3 is 2.58 bits per heavy atom. The molecule has 0 saturated carbocycles. The van der Waals surface area contributed by atoms with Crippen LogP contribution in [0.3, 0.4) is 0 Å². The summed E-state index contributed by atoms with van der Waals surface area (Å²) >= 11 is 0. The summed E-state index contributed by atoms with van der Waals surface area (Å²) < 4.78 is 39.2. The van der Waals surface area contributed by atoms with E-state index in [4.69, 9.17) is 0 Å². The molecule has 2 N–H and O–H groups in total. The third-order valence-corrected chi connectivity index (χ3v) is 3.71. The first kappa shape index (κ1) is 17.6. The van der Waals surface area contributed by atoms with E-state index >= 15 is 0 Å². The Morgan fingerprint density at radius 1 is 1.15 bits per heavy atom. The van der Waals surface area contributed by atoms with Crippen LogP contribution < -0.4 is 10.6 Å². The number of nitrogens with one attached hydrogen (secondary N) is 2. The first-order valence-electron chi connectivity index (χ1n) is 7.68. The SMILES string of the molecule is Cn1ncc2c(NCCNC(=O)c3ccc(C(F)(F)F)cc3)ncnc21. The zero-order valence-corrected chi connectivity index (χ0v) is 13.7. The lowest BCUT2D eigenvalue weighted by Gasteiger charge is -2.09. The van der Waals surface area contributed by atoms with Gasteiger partial charge >= 0.3 is 6.18 Å². The maximum Gasteiger partial charge on any atom is 0.416 e. The lowest BCUT2D eigenvalue weighted by molar-refractivity contribution is -0.137. The van der Waals surface area contributed by atoms with Crippen LogP contribution in [0.15, 0.2) is 36.8 Å². The van der Waals surface area contributed by atoms with E-state index in [0.29, 0.717) is 18.0 Å². The molecule has 10 heteroatoms. The highest BCUT2D eigenvalue weighted by Crippen LogP contribution is 2.29. The highest BCUT2D eigenvalue weighted by atomic mass is 19.4. The molecule has 0 saturated heterocycles. The van der Waals surface area contributed by atoms with E-state index < -0.39 is 17.6 Å². The highest BCUT2D eigenvalue weighted by Gasteiger charge is 2.30. The number of carbonyl (C=O) groups is 1. The number of benzene rings is 1. The third kappa shape index (κ3) is 3.73. The fourth-order valence-electron chi connectivity index (χ4n) is 2.37. The number of anilines is 1. The average molecular weight is 364 g/mol. The number of halogens is 3. The van der Waals surface area contributed by atoms with E-state index in [1.807, 2.05) is 0 Å². The van der Waals surface area contributed by atoms with Crippen LogP contribution in [0.1, 0.15) is 15.9 Å². The second kappa shape index (κ2) is 6.98. The summed E-state index contributed by atoms with van der Waals surface area (Å²) in [6.45, 7) is 0.652. The molecule has 0 fully saturated rings. The second-order valence-electron chi connectivity index (χ2n) is 5.49. The maximum atomic E-state index is 12.5. The van der Waals surface area contributed by atoms with Crippen molar-refractivity contribution >= 4 is 22.8 Å². The molecule has 2 aromatic heterocycles. The molecule has 0 aliphatic carbocycles. The maximum absolute atomic E-state index is 12.5. The molecule has 0 atom stereocenters. The quantitative estimate of drug-likeness (QED) is 0.678. The number of nitrogens with zero attached hydrogens (tertiary/aromatic N) is 4. The lowest BCUT2D eigenvalue weighted by Crippen LogP contribution is -2.29. The normalized spacial score (nSPS) is 11.5. The van der Waals surface area contributed by atoms with Gasteiger partial charge in [0.1, 0.15) is 12.1 Å². The number of amides is 1. The Morgan fingerprint density at radius 2 is 1.88 bits per heavy atom. The standard InChI is InChI=1S/C16H15F3N6O/c1-25-14-12(8-24-25)13(22-9-23-14)20-6-7-21-15(26)10-2-4-11(5-3-10)16(17,18)19/h2-5,8-9H,6-7H2,1H3,(H,21,26)(H,20,22,23). The Balaban J connectivity index is 1.54. The number of carbonyl (C=O) groups excluding carboxylic acids is 1. The Kier molecular flexibility index (Phi) is 4.74. The molecule has 3 rings (SSSR count). The molecular weight excluding hydrogens is 349 g/mol. The van der Waals surface area contributed by atoms with Crippen molar-refractivity contribution < 1.29 is 18.0 Å². The molecule has 2 heterocycles. The van der Waals surface area contributed by atoms with Gasteiger partial charge in [0.2, 0.25) is 0 Å². The average Bonchev–Trinajstić information content (AvgIpc) is 3.00. The summed E-state index contributed by atoms with van der Waals surface area (Å²) in [4.78, 5) is 20.2. The summed E-state index contributed by atoms with van der Waals surface area (Å²) in [7, 11) is 1.77. The zero-order valence-electron chi connectivity index (χ0n) is 13.7. The summed E-state index contributed by atoms with van der Waals surface area (Å²) in [6.07, 6.45) is -1.38. The van der Waals surface area contributed by atoms with Crippen molar-refractivity contribution in [2.24, 2.45) is 7.05 Å². The van der Waals surface area contributed by atoms with Gasteiger partial charge in [0.25, 0.3) is 5.91 Å². The van der Waals surface area contributed by atoms with Crippen molar-refractivity contribution in [2.75, 3.05) is 18.4 Å². The first-order valence-corrected chi connectivity index (χ1v) is 7.68. The number of hydrogen-bond donors (Lipinski definition) is 2. The van der Waals surface area contributed by atoms with E-state index in [1.54, 1.807) is 17.9 Å². The van der Waals surface area contributed by atoms with Crippen LogP contribution in [0, 0.1) is 0 Å². The predicted molar refractivity (Wildman–Crippen MR) is 88.6 cm³/mol. The van der Waals surface area contributed by atoms with Gasteiger partial charge in [-0.3, -0.25) is 9.48 Å². The fourth-order valence-corrected chi connectivity index (χ4v) is 2.37. The Bertz CT molecular complexity index is 920. The number of aromatic nitrogens is 4. The molecule has 3 aromatic rings. The molecule has 0 aliphatic rings. The van der Waals surface area contributed by atoms with E-state index in [2.05, 4.69) is 25.7 Å². The van der Waals surface area contributed by atoms with E-state index in [0.717, 1.165) is 29.7 Å². The topological polar surface area (TPSA) is 84.7 Å². The van der Waals surface area contributed by atoms with Crippen molar-refractivity contribution in [3.8, 4) is 0 Å². The lowest BCUT2D eigenvalue weighted by atomic mass is 10.1. The minimum atomic E-state index is -4.42. The van der Waals surface area contributed by atoms with Crippen molar-refractivity contribution in [2.45, 2.75) is 6.18 Å². The highest BCUT2D eigenvalue weighted by molar-refractivity contribution is 5.94. The van der Waals surface area contributed by atoms with Crippen molar-refractivity contribution in [3.05, 3.63) is 47.9 Å². The number of alkyl halides is 3. The molecular formula is C16H15F3N6O. The van der Waals surface area contributed by atoms with Crippen LogP contribution in [-0.4, -0.2) is 38.7 Å². The zero-order chi connectivity index (χ0) is 18.7. The third-order valence-electron chi connectivity index (χ3n) is 3.71. The molecule has 0 radical (unpaired) electrons. The van der Waals surface area contributed by atoms with Gasteiger partial charge in [-0.05, 0) is 24.3 Å². The van der Waals surface area contributed by atoms with Crippen LogP contribution in [0.4, 0.5) is 19.0 Å². The largest absolute Gasteiger partial charge is 0.416 e. The molecule has 7 nitrogen and oxygen atoms in total. The van der Waals surface area contributed by atoms with Gasteiger partial charge in [-0.25, -0.2) is 9.97 Å². The van der Waals surface area contributed by atoms with Crippen LogP contribution in [0.2, 0.25) is 0 Å². The van der Waals surface area contributed by atoms with Crippen molar-refractivity contribution in [1.82, 2.24) is 25.1 Å². The Hall–Kier alpha value is -3.17. The molecule has 0 bridgehead atoms. The minimum Gasteiger partial charge on any atom is -0.368 e. The summed E-state index contributed by atoms with van der Waals surface area (Å²) in [5.74, 6) is 0.140. The molecule has 0 unspecified atom stereocenters. The summed E-state index contributed by atoms with van der Waals surface area (Å²) in [6, 6.07) is 4.06. The summed E-state index contributed by atoms with van der Waals surface area (Å²) in [5, 5.41) is 10.6.